The fraction of sp³-hybridized carbons (Fsp3) is 0.682. The molecule has 29 heavy (non-hydrogen) atoms. The van der Waals surface area contributed by atoms with Gasteiger partial charge in [-0.3, -0.25) is 9.47 Å². The van der Waals surface area contributed by atoms with Gasteiger partial charge in [0.1, 0.15) is 0 Å². The van der Waals surface area contributed by atoms with Gasteiger partial charge in [-0.05, 0) is 56.8 Å². The Bertz CT molecular complexity index is 706. The number of rotatable bonds is 10. The monoisotopic (exact) mass is 418 g/mol. The number of likely N-dealkylation sites (tertiary alicyclic amines) is 1. The van der Waals surface area contributed by atoms with Gasteiger partial charge < -0.3 is 14.4 Å². The fourth-order valence-corrected chi connectivity index (χ4v) is 5.21. The molecular weight excluding hydrogens is 384 g/mol. The van der Waals surface area contributed by atoms with Crippen LogP contribution in [0, 0.1) is 5.92 Å². The second kappa shape index (κ2) is 10.7. The third kappa shape index (κ3) is 5.89. The van der Waals surface area contributed by atoms with Gasteiger partial charge >= 0.3 is 0 Å². The van der Waals surface area contributed by atoms with Crippen molar-refractivity contribution >= 4 is 11.3 Å². The van der Waals surface area contributed by atoms with E-state index in [0.29, 0.717) is 6.10 Å². The van der Waals surface area contributed by atoms with Crippen LogP contribution in [0.25, 0.3) is 5.13 Å². The summed E-state index contributed by atoms with van der Waals surface area (Å²) >= 11 is 1.69. The van der Waals surface area contributed by atoms with Gasteiger partial charge in [0.25, 0.3) is 0 Å². The summed E-state index contributed by atoms with van der Waals surface area (Å²) in [6.07, 6.45) is 9.35. The Hall–Kier alpha value is -1.25. The van der Waals surface area contributed by atoms with Crippen molar-refractivity contribution in [2.75, 3.05) is 53.0 Å². The predicted octanol–water partition coefficient (Wildman–Crippen LogP) is 3.27. The Balaban J connectivity index is 1.38. The minimum atomic E-state index is 0.389. The van der Waals surface area contributed by atoms with E-state index >= 15 is 0 Å². The molecule has 0 amide bonds. The van der Waals surface area contributed by atoms with Crippen molar-refractivity contribution in [1.82, 2.24) is 19.4 Å². The Labute approximate surface area is 178 Å². The first-order chi connectivity index (χ1) is 14.3. The quantitative estimate of drug-likeness (QED) is 0.592. The molecule has 0 saturated carbocycles. The number of hydrogen-bond acceptors (Lipinski definition) is 6. The average Bonchev–Trinajstić information content (AvgIpc) is 3.50. The van der Waals surface area contributed by atoms with Gasteiger partial charge in [-0.1, -0.05) is 0 Å². The first-order valence-electron chi connectivity index (χ1n) is 10.9. The average molecular weight is 419 g/mol. The van der Waals surface area contributed by atoms with Crippen molar-refractivity contribution in [2.45, 2.75) is 38.3 Å². The molecule has 6 nitrogen and oxygen atoms in total. The van der Waals surface area contributed by atoms with Crippen LogP contribution < -0.4 is 0 Å². The van der Waals surface area contributed by atoms with Crippen molar-refractivity contribution in [3.8, 4) is 5.13 Å². The smallest absolute Gasteiger partial charge is 0.193 e. The van der Waals surface area contributed by atoms with Gasteiger partial charge in [0.2, 0.25) is 0 Å². The van der Waals surface area contributed by atoms with Crippen LogP contribution in [0.4, 0.5) is 0 Å². The molecule has 1 atom stereocenters. The molecule has 2 fully saturated rings. The summed E-state index contributed by atoms with van der Waals surface area (Å²) < 4.78 is 13.5. The summed E-state index contributed by atoms with van der Waals surface area (Å²) in [7, 11) is 1.79. The third-order valence-electron chi connectivity index (χ3n) is 6.17. The zero-order valence-corrected chi connectivity index (χ0v) is 18.4. The molecule has 2 aromatic rings. The van der Waals surface area contributed by atoms with E-state index in [2.05, 4.69) is 37.7 Å². The third-order valence-corrected chi connectivity index (χ3v) is 6.94. The minimum absolute atomic E-state index is 0.389. The highest BCUT2D eigenvalue weighted by atomic mass is 32.1. The highest BCUT2D eigenvalue weighted by Crippen LogP contribution is 2.23. The first kappa shape index (κ1) is 21.0. The highest BCUT2D eigenvalue weighted by Gasteiger charge is 2.25. The van der Waals surface area contributed by atoms with Crippen molar-refractivity contribution in [3.05, 3.63) is 35.6 Å². The summed E-state index contributed by atoms with van der Waals surface area (Å²) in [5.74, 6) is 0.762. The summed E-state index contributed by atoms with van der Waals surface area (Å²) in [4.78, 5) is 9.67. The molecule has 4 rings (SSSR count). The van der Waals surface area contributed by atoms with Crippen LogP contribution in [0.15, 0.2) is 29.9 Å². The van der Waals surface area contributed by atoms with Crippen LogP contribution in [0.1, 0.15) is 31.4 Å². The normalized spacial score (nSPS) is 21.4. The van der Waals surface area contributed by atoms with Gasteiger partial charge in [-0.15, -0.1) is 11.3 Å². The van der Waals surface area contributed by atoms with Gasteiger partial charge in [0, 0.05) is 63.4 Å². The van der Waals surface area contributed by atoms with Gasteiger partial charge in [0.15, 0.2) is 5.13 Å². The topological polar surface area (TPSA) is 42.8 Å². The summed E-state index contributed by atoms with van der Waals surface area (Å²) in [5.41, 5.74) is 1.32. The number of piperidine rings is 1. The van der Waals surface area contributed by atoms with Crippen LogP contribution >= 0.6 is 11.3 Å². The SMILES string of the molecule is COCCN1CCC(CN(Cc2cccn2-c2nccs2)C[C@H]2CCCO2)CC1. The number of ether oxygens (including phenoxy) is 2. The molecule has 0 spiro atoms. The fourth-order valence-electron chi connectivity index (χ4n) is 4.55. The molecule has 0 radical (unpaired) electrons. The molecule has 0 N–H and O–H groups in total. The largest absolute Gasteiger partial charge is 0.383 e. The molecule has 0 aromatic carbocycles. The van der Waals surface area contributed by atoms with Gasteiger partial charge in [0.05, 0.1) is 12.7 Å². The molecule has 2 aliphatic heterocycles. The van der Waals surface area contributed by atoms with E-state index in [4.69, 9.17) is 9.47 Å². The maximum atomic E-state index is 5.97. The zero-order chi connectivity index (χ0) is 19.9. The van der Waals surface area contributed by atoms with Gasteiger partial charge in [-0.25, -0.2) is 4.98 Å². The lowest BCUT2D eigenvalue weighted by atomic mass is 9.96. The molecule has 0 aliphatic carbocycles. The molecule has 7 heteroatoms. The Morgan fingerprint density at radius 1 is 1.28 bits per heavy atom. The Morgan fingerprint density at radius 2 is 2.17 bits per heavy atom. The first-order valence-corrected chi connectivity index (χ1v) is 11.8. The van der Waals surface area contributed by atoms with Crippen molar-refractivity contribution in [1.29, 1.82) is 0 Å². The van der Waals surface area contributed by atoms with Crippen molar-refractivity contribution in [2.24, 2.45) is 5.92 Å². The maximum Gasteiger partial charge on any atom is 0.193 e. The number of thiazole rings is 1. The van der Waals surface area contributed by atoms with E-state index in [1.54, 1.807) is 18.4 Å². The van der Waals surface area contributed by atoms with E-state index in [1.807, 2.05) is 11.6 Å². The lowest BCUT2D eigenvalue weighted by Gasteiger charge is -2.35. The molecule has 2 aromatic heterocycles. The summed E-state index contributed by atoms with van der Waals surface area (Å²) in [5, 5.41) is 3.09. The molecule has 2 aliphatic rings. The van der Waals surface area contributed by atoms with E-state index in [9.17, 15) is 0 Å². The highest BCUT2D eigenvalue weighted by molar-refractivity contribution is 7.12. The molecule has 160 valence electrons. The minimum Gasteiger partial charge on any atom is -0.383 e. The lowest BCUT2D eigenvalue weighted by molar-refractivity contribution is 0.0545. The lowest BCUT2D eigenvalue weighted by Crippen LogP contribution is -2.41. The number of hydrogen-bond donors (Lipinski definition) is 0. The van der Waals surface area contributed by atoms with Crippen LogP contribution in [0.3, 0.4) is 0 Å². The van der Waals surface area contributed by atoms with Crippen LogP contribution in [0.5, 0.6) is 0 Å². The Kier molecular flexibility index (Phi) is 7.73. The summed E-state index contributed by atoms with van der Waals surface area (Å²) in [6.45, 7) is 8.35. The summed E-state index contributed by atoms with van der Waals surface area (Å²) in [6, 6.07) is 4.37. The number of aromatic nitrogens is 2. The van der Waals surface area contributed by atoms with Crippen molar-refractivity contribution in [3.63, 3.8) is 0 Å². The molecule has 0 bridgehead atoms. The molecular formula is C22H34N4O2S. The predicted molar refractivity (Wildman–Crippen MR) is 117 cm³/mol. The second-order valence-electron chi connectivity index (χ2n) is 8.29. The van der Waals surface area contributed by atoms with E-state index in [-0.39, 0.29) is 0 Å². The van der Waals surface area contributed by atoms with E-state index in [0.717, 1.165) is 50.4 Å². The van der Waals surface area contributed by atoms with E-state index in [1.165, 1.54) is 44.5 Å². The van der Waals surface area contributed by atoms with Crippen LogP contribution in [-0.4, -0.2) is 78.5 Å². The standard InChI is InChI=1S/C22H34N4O2S/c1-27-14-12-24-10-6-19(7-11-24)16-25(18-21-5-3-13-28-21)17-20-4-2-9-26(20)22-23-8-15-29-22/h2,4,8-9,15,19,21H,3,5-7,10-14,16-18H2,1H3/t21-/m1/s1. The van der Waals surface area contributed by atoms with Crippen molar-refractivity contribution < 1.29 is 9.47 Å². The maximum absolute atomic E-state index is 5.97. The Morgan fingerprint density at radius 3 is 2.90 bits per heavy atom. The molecule has 4 heterocycles. The van der Waals surface area contributed by atoms with Gasteiger partial charge in [-0.2, -0.15) is 0 Å². The second-order valence-corrected chi connectivity index (χ2v) is 9.16. The van der Waals surface area contributed by atoms with E-state index < -0.39 is 0 Å². The molecule has 2 saturated heterocycles. The number of nitrogens with zero attached hydrogens (tertiary/aromatic N) is 4. The molecule has 0 unspecified atom stereocenters. The zero-order valence-electron chi connectivity index (χ0n) is 17.5. The van der Waals surface area contributed by atoms with Crippen LogP contribution in [-0.2, 0) is 16.0 Å². The van der Waals surface area contributed by atoms with Crippen LogP contribution in [0.2, 0.25) is 0 Å². The number of methoxy groups -OCH3 is 1.